The van der Waals surface area contributed by atoms with Crippen molar-refractivity contribution in [3.63, 3.8) is 0 Å². The van der Waals surface area contributed by atoms with Gasteiger partial charge in [-0.3, -0.25) is 4.98 Å². The van der Waals surface area contributed by atoms with Crippen LogP contribution in [-0.4, -0.2) is 34.3 Å². The van der Waals surface area contributed by atoms with Gasteiger partial charge in [0.05, 0.1) is 30.3 Å². The van der Waals surface area contributed by atoms with Crippen molar-refractivity contribution in [1.29, 1.82) is 5.26 Å². The Morgan fingerprint density at radius 2 is 1.92 bits per heavy atom. The van der Waals surface area contributed by atoms with Gasteiger partial charge < -0.3 is 25.8 Å². The highest BCUT2D eigenvalue weighted by molar-refractivity contribution is 5.83. The summed E-state index contributed by atoms with van der Waals surface area (Å²) in [6.45, 7) is 1.65. The highest BCUT2D eigenvalue weighted by Crippen LogP contribution is 2.29. The van der Waals surface area contributed by atoms with Crippen molar-refractivity contribution in [3.8, 4) is 11.8 Å². The smallest absolute Gasteiger partial charge is 0.404 e. The van der Waals surface area contributed by atoms with E-state index in [9.17, 15) is 15.2 Å². The molecule has 0 radical (unpaired) electrons. The van der Waals surface area contributed by atoms with E-state index in [1.165, 1.54) is 7.11 Å². The monoisotopic (exact) mass is 486 g/mol. The number of aromatic nitrogens is 2. The van der Waals surface area contributed by atoms with Crippen molar-refractivity contribution < 1.29 is 19.0 Å². The fraction of sp³-hybridized carbons (Fsp3) is 0.154. The molecule has 9 nitrogen and oxygen atoms in total. The second-order valence-electron chi connectivity index (χ2n) is 8.00. The zero-order valence-corrected chi connectivity index (χ0v) is 19.5. The number of hydrogen-bond donors (Lipinski definition) is 4. The second-order valence-corrected chi connectivity index (χ2v) is 8.00. The van der Waals surface area contributed by atoms with Crippen LogP contribution in [-0.2, 0) is 0 Å². The summed E-state index contributed by atoms with van der Waals surface area (Å²) in [4.78, 5) is 19.9. The first-order valence-electron chi connectivity index (χ1n) is 11.0. The van der Waals surface area contributed by atoms with Crippen LogP contribution in [0.5, 0.6) is 5.75 Å². The van der Waals surface area contributed by atoms with Crippen LogP contribution in [0.2, 0.25) is 0 Å². The number of anilines is 3. The average molecular weight is 487 g/mol. The maximum absolute atomic E-state index is 15.0. The third kappa shape index (κ3) is 5.42. The number of ether oxygens (including phenoxy) is 1. The largest absolute Gasteiger partial charge is 0.497 e. The molecule has 4 rings (SSSR count). The molecule has 0 saturated carbocycles. The van der Waals surface area contributed by atoms with Crippen LogP contribution in [0.1, 0.15) is 24.1 Å². The maximum Gasteiger partial charge on any atom is 0.404 e. The summed E-state index contributed by atoms with van der Waals surface area (Å²) in [5.74, 6) is -0.118. The number of fused-ring (bicyclic) bond motifs is 1. The summed E-state index contributed by atoms with van der Waals surface area (Å²) < 4.78 is 20.2. The summed E-state index contributed by atoms with van der Waals surface area (Å²) in [6, 6.07) is 17.8. The van der Waals surface area contributed by atoms with Crippen molar-refractivity contribution in [1.82, 2.24) is 15.3 Å². The highest BCUT2D eigenvalue weighted by Gasteiger charge is 2.24. The Labute approximate surface area is 206 Å². The first kappa shape index (κ1) is 24.2. The van der Waals surface area contributed by atoms with Gasteiger partial charge in [-0.05, 0) is 55.0 Å². The molecule has 182 valence electrons. The molecule has 10 heteroatoms. The molecule has 36 heavy (non-hydrogen) atoms. The molecule has 0 aliphatic heterocycles. The van der Waals surface area contributed by atoms with Crippen LogP contribution in [0.4, 0.5) is 26.5 Å². The van der Waals surface area contributed by atoms with E-state index in [1.54, 1.807) is 43.5 Å². The Kier molecular flexibility index (Phi) is 7.11. The third-order valence-corrected chi connectivity index (χ3v) is 5.58. The molecule has 2 atom stereocenters. The Bertz CT molecular complexity index is 1440. The van der Waals surface area contributed by atoms with Gasteiger partial charge in [0.25, 0.3) is 0 Å². The molecule has 0 bridgehead atoms. The number of nitriles is 1. The van der Waals surface area contributed by atoms with Crippen LogP contribution in [0.3, 0.4) is 0 Å². The molecule has 0 saturated heterocycles. The number of methoxy groups -OCH3 is 1. The van der Waals surface area contributed by atoms with Gasteiger partial charge in [-0.25, -0.2) is 14.2 Å². The number of amides is 1. The van der Waals surface area contributed by atoms with Gasteiger partial charge >= 0.3 is 6.09 Å². The number of pyridine rings is 2. The zero-order chi connectivity index (χ0) is 25.7. The number of rotatable bonds is 8. The summed E-state index contributed by atoms with van der Waals surface area (Å²) in [5, 5.41) is 28.2. The van der Waals surface area contributed by atoms with E-state index in [1.807, 2.05) is 30.3 Å². The van der Waals surface area contributed by atoms with E-state index in [-0.39, 0.29) is 17.2 Å². The summed E-state index contributed by atoms with van der Waals surface area (Å²) in [6.07, 6.45) is 0.478. The lowest BCUT2D eigenvalue weighted by molar-refractivity contribution is 0.189. The number of benzene rings is 2. The molecule has 4 N–H and O–H groups in total. The molecule has 2 aromatic heterocycles. The van der Waals surface area contributed by atoms with Gasteiger partial charge in [-0.2, -0.15) is 5.26 Å². The minimum atomic E-state index is -1.22. The lowest BCUT2D eigenvalue weighted by atomic mass is 10.00. The van der Waals surface area contributed by atoms with Gasteiger partial charge in [0.15, 0.2) is 17.5 Å². The molecule has 2 aromatic carbocycles. The lowest BCUT2D eigenvalue weighted by Gasteiger charge is -2.26. The number of hydrogen-bond acceptors (Lipinski definition) is 7. The van der Waals surface area contributed by atoms with Gasteiger partial charge in [0.1, 0.15) is 11.8 Å². The standard InChI is InChI=1S/C26H23FN6O3/c1-15(30-26(34)35)23(16-5-8-20(36-2)9-6-16)32-25-21(27)13-18(14-28)24(33-25)31-19-7-10-22-17(12-19)4-3-11-29-22/h3-13,15,23,30H,1-2H3,(H,34,35)(H2,31,32,33)/t15-,23-/m0/s1. The summed E-state index contributed by atoms with van der Waals surface area (Å²) >= 11 is 0. The van der Waals surface area contributed by atoms with Crippen molar-refractivity contribution in [2.45, 2.75) is 19.0 Å². The predicted octanol–water partition coefficient (Wildman–Crippen LogP) is 5.20. The normalized spacial score (nSPS) is 12.3. The zero-order valence-electron chi connectivity index (χ0n) is 19.5. The Morgan fingerprint density at radius 3 is 2.61 bits per heavy atom. The minimum absolute atomic E-state index is 0.0158. The second kappa shape index (κ2) is 10.6. The van der Waals surface area contributed by atoms with Crippen molar-refractivity contribution in [2.24, 2.45) is 0 Å². The van der Waals surface area contributed by atoms with Gasteiger partial charge in [0.2, 0.25) is 0 Å². The maximum atomic E-state index is 15.0. The molecular formula is C26H23FN6O3. The molecule has 2 heterocycles. The summed E-state index contributed by atoms with van der Waals surface area (Å²) in [7, 11) is 1.54. The van der Waals surface area contributed by atoms with E-state index >= 15 is 4.39 Å². The van der Waals surface area contributed by atoms with E-state index in [4.69, 9.17) is 4.74 Å². The topological polar surface area (TPSA) is 132 Å². The van der Waals surface area contributed by atoms with Crippen molar-refractivity contribution in [2.75, 3.05) is 17.7 Å². The molecule has 0 unspecified atom stereocenters. The lowest BCUT2D eigenvalue weighted by Crippen LogP contribution is -2.39. The van der Waals surface area contributed by atoms with E-state index < -0.39 is 24.0 Å². The molecule has 0 aliphatic rings. The van der Waals surface area contributed by atoms with Crippen LogP contribution in [0, 0.1) is 17.1 Å². The third-order valence-electron chi connectivity index (χ3n) is 5.58. The molecule has 0 spiro atoms. The molecule has 1 amide bonds. The molecule has 4 aromatic rings. The first-order valence-corrected chi connectivity index (χ1v) is 11.0. The predicted molar refractivity (Wildman–Crippen MR) is 134 cm³/mol. The van der Waals surface area contributed by atoms with Gasteiger partial charge in [0, 0.05) is 17.3 Å². The van der Waals surface area contributed by atoms with Crippen LogP contribution in [0.15, 0.2) is 66.9 Å². The average Bonchev–Trinajstić information content (AvgIpc) is 2.88. The first-order chi connectivity index (χ1) is 17.4. The Hall–Kier alpha value is -4.91. The number of carboxylic acid groups (broad SMARTS) is 1. The van der Waals surface area contributed by atoms with Crippen molar-refractivity contribution >= 4 is 34.3 Å². The molecule has 0 fully saturated rings. The Balaban J connectivity index is 1.69. The minimum Gasteiger partial charge on any atom is -0.497 e. The number of carbonyl (C=O) groups is 1. The van der Waals surface area contributed by atoms with Gasteiger partial charge in [-0.1, -0.05) is 18.2 Å². The number of nitrogens with zero attached hydrogens (tertiary/aromatic N) is 3. The van der Waals surface area contributed by atoms with Gasteiger partial charge in [-0.15, -0.1) is 0 Å². The van der Waals surface area contributed by atoms with Crippen LogP contribution in [0.25, 0.3) is 10.9 Å². The Morgan fingerprint density at radius 1 is 1.14 bits per heavy atom. The highest BCUT2D eigenvalue weighted by atomic mass is 19.1. The SMILES string of the molecule is COc1ccc([C@@H](Nc2nc(Nc3ccc4ncccc4c3)c(C#N)cc2F)[C@H](C)NC(=O)O)cc1. The van der Waals surface area contributed by atoms with E-state index in [0.717, 1.165) is 17.0 Å². The van der Waals surface area contributed by atoms with Crippen LogP contribution >= 0.6 is 0 Å². The van der Waals surface area contributed by atoms with Crippen molar-refractivity contribution in [3.05, 3.63) is 83.8 Å². The van der Waals surface area contributed by atoms with E-state index in [0.29, 0.717) is 17.0 Å². The number of nitrogens with one attached hydrogen (secondary N) is 3. The summed E-state index contributed by atoms with van der Waals surface area (Å²) in [5.41, 5.74) is 2.14. The van der Waals surface area contributed by atoms with Crippen LogP contribution < -0.4 is 20.7 Å². The number of halogens is 1. The fourth-order valence-electron chi connectivity index (χ4n) is 3.79. The molecule has 0 aliphatic carbocycles. The van der Waals surface area contributed by atoms with E-state index in [2.05, 4.69) is 25.9 Å². The fourth-order valence-corrected chi connectivity index (χ4v) is 3.79. The molecular weight excluding hydrogens is 463 g/mol. The quantitative estimate of drug-likeness (QED) is 0.267.